The van der Waals surface area contributed by atoms with Crippen LogP contribution in [0.4, 0.5) is 10.1 Å². The fourth-order valence-electron chi connectivity index (χ4n) is 3.74. The van der Waals surface area contributed by atoms with Gasteiger partial charge in [0.15, 0.2) is 0 Å². The van der Waals surface area contributed by atoms with Gasteiger partial charge in [-0.15, -0.1) is 0 Å². The first-order valence-corrected chi connectivity index (χ1v) is 10.8. The summed E-state index contributed by atoms with van der Waals surface area (Å²) in [6.45, 7) is -0.155. The Labute approximate surface area is 204 Å². The number of methoxy groups -OCH3 is 1. The summed E-state index contributed by atoms with van der Waals surface area (Å²) >= 11 is 0. The van der Waals surface area contributed by atoms with Crippen molar-refractivity contribution in [1.29, 1.82) is 0 Å². The van der Waals surface area contributed by atoms with Crippen molar-refractivity contribution < 1.29 is 14.1 Å². The molecule has 0 radical (unpaired) electrons. The first-order valence-electron chi connectivity index (χ1n) is 10.8. The summed E-state index contributed by atoms with van der Waals surface area (Å²) in [4.78, 5) is 37.9. The van der Waals surface area contributed by atoms with E-state index in [9.17, 15) is 19.7 Å². The molecule has 0 fully saturated rings. The second-order valence-corrected chi connectivity index (χ2v) is 7.91. The predicted molar refractivity (Wildman–Crippen MR) is 132 cm³/mol. The molecule has 1 atom stereocenters. The predicted octanol–water partition coefficient (Wildman–Crippen LogP) is 3.40. The molecule has 0 saturated heterocycles. The van der Waals surface area contributed by atoms with E-state index >= 15 is 4.39 Å². The topological polar surface area (TPSA) is 114 Å². The van der Waals surface area contributed by atoms with E-state index in [0.717, 1.165) is 4.57 Å². The fourth-order valence-corrected chi connectivity index (χ4v) is 3.74. The van der Waals surface area contributed by atoms with E-state index in [1.165, 1.54) is 42.3 Å². The van der Waals surface area contributed by atoms with E-state index in [0.29, 0.717) is 16.9 Å². The summed E-state index contributed by atoms with van der Waals surface area (Å²) in [5.41, 5.74) is -2.34. The summed E-state index contributed by atoms with van der Waals surface area (Å²) in [7, 11) is 3.20. The Morgan fingerprint density at radius 3 is 2.39 bits per heavy atom. The van der Waals surface area contributed by atoms with Gasteiger partial charge in [0.25, 0.3) is 0 Å². The number of nitro groups is 1. The minimum absolute atomic E-state index is 0.0145. The zero-order valence-electron chi connectivity index (χ0n) is 19.4. The van der Waals surface area contributed by atoms with Crippen LogP contribution in [0.1, 0.15) is 28.7 Å². The van der Waals surface area contributed by atoms with Gasteiger partial charge in [0, 0.05) is 24.4 Å². The quantitative estimate of drug-likeness (QED) is 0.276. The zero-order valence-corrected chi connectivity index (χ0v) is 19.4. The molecule has 0 aliphatic heterocycles. The largest absolute Gasteiger partial charge is 0.497 e. The molecule has 0 bridgehead atoms. The lowest BCUT2D eigenvalue weighted by Crippen LogP contribution is -2.43. The van der Waals surface area contributed by atoms with Crippen LogP contribution in [0.15, 0.2) is 76.6 Å². The molecule has 2 aromatic carbocycles. The average molecular weight is 491 g/mol. The normalized spacial score (nSPS) is 12.1. The van der Waals surface area contributed by atoms with Crippen LogP contribution in [-0.2, 0) is 13.6 Å². The van der Waals surface area contributed by atoms with Crippen LogP contribution in [0.3, 0.4) is 0 Å². The van der Waals surface area contributed by atoms with Crippen LogP contribution in [-0.4, -0.2) is 30.9 Å². The van der Waals surface area contributed by atoms with Crippen molar-refractivity contribution in [2.24, 2.45) is 7.05 Å². The van der Waals surface area contributed by atoms with Crippen LogP contribution in [0.2, 0.25) is 0 Å². The maximum atomic E-state index is 15.5. The maximum absolute atomic E-state index is 15.5. The number of hydrogen-bond donors (Lipinski definition) is 0. The van der Waals surface area contributed by atoms with Crippen LogP contribution >= 0.6 is 0 Å². The van der Waals surface area contributed by atoms with E-state index in [1.807, 2.05) is 0 Å². The molecule has 184 valence electrons. The fraction of sp³-hybridized carbons (Fsp3) is 0.160. The molecule has 11 heteroatoms. The molecule has 10 nitrogen and oxygen atoms in total. The number of alkyl halides is 1. The highest BCUT2D eigenvalue weighted by Crippen LogP contribution is 2.22. The third kappa shape index (κ3) is 4.85. The number of hydrogen-bond acceptors (Lipinski definition) is 6. The Morgan fingerprint density at radius 2 is 1.81 bits per heavy atom. The first kappa shape index (κ1) is 24.3. The molecule has 36 heavy (non-hydrogen) atoms. The van der Waals surface area contributed by atoms with Gasteiger partial charge in [0.2, 0.25) is 6.30 Å². The van der Waals surface area contributed by atoms with Crippen LogP contribution in [0.25, 0.3) is 12.2 Å². The molecular formula is C25H22FN5O5. The van der Waals surface area contributed by atoms with E-state index in [4.69, 9.17) is 4.74 Å². The van der Waals surface area contributed by atoms with E-state index in [-0.39, 0.29) is 22.4 Å². The van der Waals surface area contributed by atoms with Gasteiger partial charge in [-0.25, -0.2) is 13.8 Å². The Bertz CT molecular complexity index is 1540. The standard InChI is InChI=1S/C25H22FN5O5/c1-28-15-18(14-27-28)10-13-21-22(31(34)35)24(32)30(23(26)19-6-4-3-5-7-19)25(33)29(21)16-17-8-11-20(36-2)12-9-17/h3-15,23H,16H2,1-2H3/b13-10+. The monoisotopic (exact) mass is 491 g/mol. The Hall–Kier alpha value is -4.80. The Morgan fingerprint density at radius 1 is 1.11 bits per heavy atom. The summed E-state index contributed by atoms with van der Waals surface area (Å²) < 4.78 is 23.5. The van der Waals surface area contributed by atoms with Crippen molar-refractivity contribution in [3.05, 3.63) is 120 Å². The number of aromatic nitrogens is 4. The van der Waals surface area contributed by atoms with Crippen LogP contribution in [0.5, 0.6) is 5.75 Å². The molecule has 0 aliphatic rings. The third-order valence-electron chi connectivity index (χ3n) is 5.53. The van der Waals surface area contributed by atoms with Crippen LogP contribution in [0, 0.1) is 10.1 Å². The lowest BCUT2D eigenvalue weighted by Gasteiger charge is -2.17. The molecule has 2 heterocycles. The van der Waals surface area contributed by atoms with Crippen LogP contribution < -0.4 is 16.0 Å². The number of benzene rings is 2. The molecule has 1 unspecified atom stereocenters. The van der Waals surface area contributed by atoms with E-state index in [1.54, 1.807) is 55.7 Å². The molecule has 0 saturated carbocycles. The molecule has 2 aromatic heterocycles. The summed E-state index contributed by atoms with van der Waals surface area (Å²) in [5, 5.41) is 16.1. The summed E-state index contributed by atoms with van der Waals surface area (Å²) in [6, 6.07) is 14.2. The second-order valence-electron chi connectivity index (χ2n) is 7.91. The van der Waals surface area contributed by atoms with Crippen molar-refractivity contribution in [2.45, 2.75) is 12.8 Å². The van der Waals surface area contributed by atoms with Gasteiger partial charge in [-0.2, -0.15) is 5.10 Å². The minimum Gasteiger partial charge on any atom is -0.497 e. The first-order chi connectivity index (χ1) is 17.3. The lowest BCUT2D eigenvalue weighted by atomic mass is 10.2. The minimum atomic E-state index is -2.22. The van der Waals surface area contributed by atoms with Gasteiger partial charge in [0.1, 0.15) is 11.4 Å². The number of halogens is 1. The molecule has 0 spiro atoms. The molecule has 0 N–H and O–H groups in total. The third-order valence-corrected chi connectivity index (χ3v) is 5.53. The van der Waals surface area contributed by atoms with E-state index in [2.05, 4.69) is 5.10 Å². The number of ether oxygens (including phenoxy) is 1. The molecule has 0 amide bonds. The van der Waals surface area contributed by atoms with Gasteiger partial charge in [-0.05, 0) is 29.8 Å². The lowest BCUT2D eigenvalue weighted by molar-refractivity contribution is -0.387. The van der Waals surface area contributed by atoms with E-state index < -0.39 is 28.2 Å². The molecule has 4 rings (SSSR count). The maximum Gasteiger partial charge on any atom is 0.357 e. The van der Waals surface area contributed by atoms with Crippen molar-refractivity contribution in [2.75, 3.05) is 7.11 Å². The number of nitrogens with zero attached hydrogens (tertiary/aromatic N) is 5. The summed E-state index contributed by atoms with van der Waals surface area (Å²) in [6.07, 6.45) is 3.74. The smallest absolute Gasteiger partial charge is 0.357 e. The SMILES string of the molecule is COc1ccc(Cn2c(/C=C/c3cnn(C)c3)c([N+](=O)[O-])c(=O)n(C(F)c3ccccc3)c2=O)cc1. The van der Waals surface area contributed by atoms with Gasteiger partial charge in [-0.3, -0.25) is 24.2 Å². The van der Waals surface area contributed by atoms with Gasteiger partial charge in [0.05, 0.1) is 24.8 Å². The second kappa shape index (κ2) is 10.2. The number of aryl methyl sites for hydroxylation is 1. The molecule has 4 aromatic rings. The Kier molecular flexibility index (Phi) is 6.91. The van der Waals surface area contributed by atoms with Gasteiger partial charge in [-0.1, -0.05) is 42.5 Å². The zero-order chi connectivity index (χ0) is 25.8. The molecular weight excluding hydrogens is 469 g/mol. The highest BCUT2D eigenvalue weighted by molar-refractivity contribution is 5.71. The van der Waals surface area contributed by atoms with Gasteiger partial charge >= 0.3 is 16.9 Å². The van der Waals surface area contributed by atoms with Crippen molar-refractivity contribution in [3.8, 4) is 5.75 Å². The molecule has 0 aliphatic carbocycles. The van der Waals surface area contributed by atoms with Crippen molar-refractivity contribution in [3.63, 3.8) is 0 Å². The average Bonchev–Trinajstić information content (AvgIpc) is 3.30. The Balaban J connectivity index is 1.96. The number of rotatable bonds is 8. The van der Waals surface area contributed by atoms with Crippen molar-refractivity contribution >= 4 is 17.8 Å². The van der Waals surface area contributed by atoms with Crippen molar-refractivity contribution in [1.82, 2.24) is 18.9 Å². The highest BCUT2D eigenvalue weighted by Gasteiger charge is 2.30. The van der Waals surface area contributed by atoms with Gasteiger partial charge < -0.3 is 4.74 Å². The summed E-state index contributed by atoms with van der Waals surface area (Å²) in [5.74, 6) is 0.576. The highest BCUT2D eigenvalue weighted by atomic mass is 19.1.